The van der Waals surface area contributed by atoms with Crippen molar-refractivity contribution in [2.45, 2.75) is 19.3 Å². The summed E-state index contributed by atoms with van der Waals surface area (Å²) in [6.45, 7) is 0.123. The molecule has 0 aromatic carbocycles. The lowest BCUT2D eigenvalue weighted by Gasteiger charge is -2.15. The van der Waals surface area contributed by atoms with Crippen LogP contribution >= 0.6 is 0 Å². The topological polar surface area (TPSA) is 46.6 Å². The number of carbonyl (C=O) groups excluding carboxylic acids is 2. The third-order valence-electron chi connectivity index (χ3n) is 1.66. The van der Waals surface area contributed by atoms with E-state index in [0.717, 1.165) is 4.90 Å². The van der Waals surface area contributed by atoms with Crippen molar-refractivity contribution in [3.8, 4) is 0 Å². The van der Waals surface area contributed by atoms with E-state index in [4.69, 9.17) is 0 Å². The number of ether oxygens (including phenoxy) is 1. The van der Waals surface area contributed by atoms with Crippen LogP contribution in [0.4, 0.5) is 8.78 Å². The minimum atomic E-state index is -2.99. The Morgan fingerprint density at radius 2 is 2.00 bits per heavy atom. The Morgan fingerprint density at radius 3 is 2.43 bits per heavy atom. The van der Waals surface area contributed by atoms with Crippen LogP contribution in [-0.4, -0.2) is 43.9 Å². The van der Waals surface area contributed by atoms with E-state index in [1.54, 1.807) is 0 Å². The van der Waals surface area contributed by atoms with Gasteiger partial charge in [-0.3, -0.25) is 9.59 Å². The molecule has 0 saturated carbocycles. The quantitative estimate of drug-likeness (QED) is 0.625. The number of halogens is 2. The van der Waals surface area contributed by atoms with E-state index >= 15 is 0 Å². The minimum Gasteiger partial charge on any atom is -0.469 e. The molecule has 0 spiro atoms. The van der Waals surface area contributed by atoms with Gasteiger partial charge in [0.05, 0.1) is 7.11 Å². The third-order valence-corrected chi connectivity index (χ3v) is 1.66. The number of nitrogens with zero attached hydrogens (tertiary/aromatic N) is 1. The zero-order valence-corrected chi connectivity index (χ0v) is 8.13. The Balaban J connectivity index is 3.69. The first-order chi connectivity index (χ1) is 6.49. The predicted molar refractivity (Wildman–Crippen MR) is 44.9 cm³/mol. The maximum absolute atomic E-state index is 11.8. The maximum Gasteiger partial charge on any atom is 0.315 e. The molecule has 0 heterocycles. The summed E-state index contributed by atoms with van der Waals surface area (Å²) < 4.78 is 28.0. The number of rotatable bonds is 5. The number of methoxy groups -OCH3 is 1. The van der Waals surface area contributed by atoms with Crippen LogP contribution in [0.1, 0.15) is 12.8 Å². The smallest absolute Gasteiger partial charge is 0.315 e. The first-order valence-electron chi connectivity index (χ1n) is 4.09. The molecule has 4 nitrogen and oxygen atoms in total. The minimum absolute atomic E-state index is 0.122. The monoisotopic (exact) mass is 209 g/mol. The summed E-state index contributed by atoms with van der Waals surface area (Å²) in [6.07, 6.45) is -2.54. The summed E-state index contributed by atoms with van der Waals surface area (Å²) in [5.74, 6) is -1.64. The molecule has 14 heavy (non-hydrogen) atoms. The summed E-state index contributed by atoms with van der Waals surface area (Å²) in [5, 5.41) is 0. The van der Waals surface area contributed by atoms with E-state index in [2.05, 4.69) is 4.74 Å². The second-order valence-corrected chi connectivity index (χ2v) is 2.74. The molecule has 0 N–H and O–H groups in total. The van der Waals surface area contributed by atoms with Gasteiger partial charge in [0.25, 0.3) is 5.91 Å². The molecule has 0 radical (unpaired) electrons. The number of hydrogen-bond acceptors (Lipinski definition) is 3. The van der Waals surface area contributed by atoms with E-state index in [9.17, 15) is 18.4 Å². The molecule has 0 aliphatic heterocycles. The van der Waals surface area contributed by atoms with Gasteiger partial charge in [0, 0.05) is 20.0 Å². The average molecular weight is 209 g/mol. The molecule has 0 bridgehead atoms. The summed E-state index contributed by atoms with van der Waals surface area (Å²) in [5.41, 5.74) is 0. The van der Waals surface area contributed by atoms with Crippen LogP contribution in [0.25, 0.3) is 0 Å². The van der Waals surface area contributed by atoms with Crippen molar-refractivity contribution in [3.05, 3.63) is 0 Å². The van der Waals surface area contributed by atoms with E-state index < -0.39 is 18.3 Å². The molecule has 0 unspecified atom stereocenters. The number of esters is 1. The van der Waals surface area contributed by atoms with Crippen LogP contribution in [0.2, 0.25) is 0 Å². The lowest BCUT2D eigenvalue weighted by molar-refractivity contribution is -0.143. The predicted octanol–water partition coefficient (Wildman–Crippen LogP) is 0.663. The van der Waals surface area contributed by atoms with Crippen molar-refractivity contribution in [1.82, 2.24) is 4.90 Å². The Kier molecular flexibility index (Phi) is 5.74. The molecule has 0 aromatic heterocycles. The van der Waals surface area contributed by atoms with E-state index in [1.807, 2.05) is 0 Å². The van der Waals surface area contributed by atoms with Gasteiger partial charge in [0.15, 0.2) is 0 Å². The fourth-order valence-electron chi connectivity index (χ4n) is 0.839. The summed E-state index contributed by atoms with van der Waals surface area (Å²) in [4.78, 5) is 22.2. The average Bonchev–Trinajstić information content (AvgIpc) is 2.15. The normalized spacial score (nSPS) is 10.1. The SMILES string of the molecule is COC(=O)CCCN(C)C(=O)C(F)F. The Labute approximate surface area is 80.8 Å². The molecule has 0 aliphatic carbocycles. The van der Waals surface area contributed by atoms with E-state index in [1.165, 1.54) is 14.2 Å². The molecular weight excluding hydrogens is 196 g/mol. The lowest BCUT2D eigenvalue weighted by Crippen LogP contribution is -2.33. The Hall–Kier alpha value is -1.20. The van der Waals surface area contributed by atoms with Crippen molar-refractivity contribution in [2.24, 2.45) is 0 Å². The Morgan fingerprint density at radius 1 is 1.43 bits per heavy atom. The zero-order valence-electron chi connectivity index (χ0n) is 8.13. The van der Waals surface area contributed by atoms with Crippen molar-refractivity contribution >= 4 is 11.9 Å². The van der Waals surface area contributed by atoms with E-state index in [0.29, 0.717) is 6.42 Å². The molecule has 0 atom stereocenters. The standard InChI is InChI=1S/C8H13F2NO3/c1-11(8(13)7(9)10)5-3-4-6(12)14-2/h7H,3-5H2,1-2H3. The van der Waals surface area contributed by atoms with Gasteiger partial charge in [0.1, 0.15) is 0 Å². The molecule has 0 saturated heterocycles. The molecule has 0 aliphatic rings. The van der Waals surface area contributed by atoms with Gasteiger partial charge in [-0.2, -0.15) is 8.78 Å². The van der Waals surface area contributed by atoms with Crippen LogP contribution in [0, 0.1) is 0 Å². The van der Waals surface area contributed by atoms with Crippen molar-refractivity contribution in [1.29, 1.82) is 0 Å². The first-order valence-corrected chi connectivity index (χ1v) is 4.09. The number of amides is 1. The van der Waals surface area contributed by atoms with Crippen LogP contribution in [-0.2, 0) is 14.3 Å². The van der Waals surface area contributed by atoms with Gasteiger partial charge in [-0.15, -0.1) is 0 Å². The Bertz CT molecular complexity index is 209. The molecule has 0 fully saturated rings. The van der Waals surface area contributed by atoms with Gasteiger partial charge in [-0.1, -0.05) is 0 Å². The fourth-order valence-corrected chi connectivity index (χ4v) is 0.839. The van der Waals surface area contributed by atoms with E-state index in [-0.39, 0.29) is 13.0 Å². The molecule has 0 aromatic rings. The van der Waals surface area contributed by atoms with Gasteiger partial charge in [-0.05, 0) is 6.42 Å². The van der Waals surface area contributed by atoms with Crippen molar-refractivity contribution in [2.75, 3.05) is 20.7 Å². The molecule has 6 heteroatoms. The maximum atomic E-state index is 11.8. The summed E-state index contributed by atoms with van der Waals surface area (Å²) in [6, 6.07) is 0. The second-order valence-electron chi connectivity index (χ2n) is 2.74. The summed E-state index contributed by atoms with van der Waals surface area (Å²) >= 11 is 0. The molecular formula is C8H13F2NO3. The van der Waals surface area contributed by atoms with Crippen LogP contribution in [0.15, 0.2) is 0 Å². The van der Waals surface area contributed by atoms with Gasteiger partial charge in [-0.25, -0.2) is 0 Å². The molecule has 0 rings (SSSR count). The van der Waals surface area contributed by atoms with Gasteiger partial charge < -0.3 is 9.64 Å². The van der Waals surface area contributed by atoms with Gasteiger partial charge in [0.2, 0.25) is 0 Å². The van der Waals surface area contributed by atoms with Gasteiger partial charge >= 0.3 is 12.4 Å². The van der Waals surface area contributed by atoms with Crippen LogP contribution in [0.5, 0.6) is 0 Å². The highest BCUT2D eigenvalue weighted by molar-refractivity contribution is 5.79. The first kappa shape index (κ1) is 12.8. The summed E-state index contributed by atoms with van der Waals surface area (Å²) in [7, 11) is 2.52. The zero-order chi connectivity index (χ0) is 11.1. The highest BCUT2D eigenvalue weighted by Gasteiger charge is 2.19. The second kappa shape index (κ2) is 6.28. The largest absolute Gasteiger partial charge is 0.469 e. The van der Waals surface area contributed by atoms with Crippen molar-refractivity contribution < 1.29 is 23.1 Å². The van der Waals surface area contributed by atoms with Crippen LogP contribution < -0.4 is 0 Å². The number of alkyl halides is 2. The lowest BCUT2D eigenvalue weighted by atomic mass is 10.3. The highest BCUT2D eigenvalue weighted by Crippen LogP contribution is 2.01. The number of carbonyl (C=O) groups is 2. The fraction of sp³-hybridized carbons (Fsp3) is 0.750. The molecule has 1 amide bonds. The van der Waals surface area contributed by atoms with Crippen LogP contribution in [0.3, 0.4) is 0 Å². The van der Waals surface area contributed by atoms with Crippen molar-refractivity contribution in [3.63, 3.8) is 0 Å². The third kappa shape index (κ3) is 4.74. The number of hydrogen-bond donors (Lipinski definition) is 0. The highest BCUT2D eigenvalue weighted by atomic mass is 19.3. The molecule has 82 valence electrons.